The second kappa shape index (κ2) is 10.3. The van der Waals surface area contributed by atoms with Crippen LogP contribution in [0, 0.1) is 0 Å². The molecule has 0 saturated carbocycles. The number of ether oxygens (including phenoxy) is 1. The van der Waals surface area contributed by atoms with Crippen molar-refractivity contribution in [1.29, 1.82) is 0 Å². The number of carbonyl (C=O) groups excluding carboxylic acids is 1. The number of nitrogens with zero attached hydrogens (tertiary/aromatic N) is 2. The number of piperazine rings is 1. The van der Waals surface area contributed by atoms with Gasteiger partial charge in [0.15, 0.2) is 0 Å². The average Bonchev–Trinajstić information content (AvgIpc) is 2.62. The Morgan fingerprint density at radius 3 is 2.54 bits per heavy atom. The number of para-hydroxylation sites is 1. The lowest BCUT2D eigenvalue weighted by Crippen LogP contribution is -2.46. The van der Waals surface area contributed by atoms with Crippen LogP contribution in [0.1, 0.15) is 25.3 Å². The monoisotopic (exact) mass is 333 g/mol. The standard InChI is InChI=1S/C19H31N3O2/c1-3-21-12-14-22(15-13-21)11-7-6-10-20-19(23)16-17-8-4-5-9-18(17)24-2/h4-5,8-9H,3,6-7,10-16H2,1-2H3,(H,20,23). The van der Waals surface area contributed by atoms with Crippen LogP contribution in [0.3, 0.4) is 0 Å². The molecule has 1 N–H and O–H groups in total. The number of hydrogen-bond acceptors (Lipinski definition) is 4. The molecule has 0 aliphatic carbocycles. The van der Waals surface area contributed by atoms with Gasteiger partial charge >= 0.3 is 0 Å². The van der Waals surface area contributed by atoms with Crippen LogP contribution in [-0.2, 0) is 11.2 Å². The number of amides is 1. The van der Waals surface area contributed by atoms with Crippen LogP contribution in [0.5, 0.6) is 5.75 Å². The number of likely N-dealkylation sites (N-methyl/N-ethyl adjacent to an activating group) is 1. The normalized spacial score (nSPS) is 16.1. The van der Waals surface area contributed by atoms with Crippen molar-refractivity contribution in [2.45, 2.75) is 26.2 Å². The van der Waals surface area contributed by atoms with Gasteiger partial charge in [0, 0.05) is 38.3 Å². The third kappa shape index (κ3) is 6.13. The van der Waals surface area contributed by atoms with E-state index in [-0.39, 0.29) is 5.91 Å². The highest BCUT2D eigenvalue weighted by Gasteiger charge is 2.14. The smallest absolute Gasteiger partial charge is 0.224 e. The van der Waals surface area contributed by atoms with Crippen molar-refractivity contribution < 1.29 is 9.53 Å². The Labute approximate surface area is 146 Å². The Hall–Kier alpha value is -1.59. The van der Waals surface area contributed by atoms with Gasteiger partial charge in [-0.15, -0.1) is 0 Å². The maximum absolute atomic E-state index is 12.0. The first-order valence-corrected chi connectivity index (χ1v) is 9.06. The van der Waals surface area contributed by atoms with E-state index in [1.165, 1.54) is 26.2 Å². The van der Waals surface area contributed by atoms with Crippen molar-refractivity contribution in [3.63, 3.8) is 0 Å². The summed E-state index contributed by atoms with van der Waals surface area (Å²) in [5, 5.41) is 3.02. The molecule has 1 saturated heterocycles. The zero-order valence-electron chi connectivity index (χ0n) is 15.1. The number of rotatable bonds is 9. The van der Waals surface area contributed by atoms with E-state index >= 15 is 0 Å². The Morgan fingerprint density at radius 2 is 1.83 bits per heavy atom. The van der Waals surface area contributed by atoms with Crippen LogP contribution < -0.4 is 10.1 Å². The van der Waals surface area contributed by atoms with Crippen LogP contribution in [0.4, 0.5) is 0 Å². The van der Waals surface area contributed by atoms with Gasteiger partial charge in [-0.05, 0) is 32.0 Å². The van der Waals surface area contributed by atoms with Gasteiger partial charge in [0.2, 0.25) is 5.91 Å². The maximum atomic E-state index is 12.0. The van der Waals surface area contributed by atoms with Crippen LogP contribution >= 0.6 is 0 Å². The number of methoxy groups -OCH3 is 1. The lowest BCUT2D eigenvalue weighted by Gasteiger charge is -2.33. The van der Waals surface area contributed by atoms with Gasteiger partial charge < -0.3 is 19.9 Å². The molecule has 5 nitrogen and oxygen atoms in total. The Morgan fingerprint density at radius 1 is 1.12 bits per heavy atom. The van der Waals surface area contributed by atoms with E-state index in [4.69, 9.17) is 4.74 Å². The molecule has 134 valence electrons. The maximum Gasteiger partial charge on any atom is 0.224 e. The van der Waals surface area contributed by atoms with Crippen molar-refractivity contribution >= 4 is 5.91 Å². The SMILES string of the molecule is CCN1CCN(CCCCNC(=O)Cc2ccccc2OC)CC1. The number of hydrogen-bond donors (Lipinski definition) is 1. The fourth-order valence-corrected chi connectivity index (χ4v) is 3.10. The third-order valence-corrected chi connectivity index (χ3v) is 4.68. The highest BCUT2D eigenvalue weighted by Crippen LogP contribution is 2.17. The quantitative estimate of drug-likeness (QED) is 0.700. The summed E-state index contributed by atoms with van der Waals surface area (Å²) < 4.78 is 5.28. The highest BCUT2D eigenvalue weighted by atomic mass is 16.5. The fraction of sp³-hybridized carbons (Fsp3) is 0.632. The van der Waals surface area contributed by atoms with Crippen LogP contribution in [0.2, 0.25) is 0 Å². The van der Waals surface area contributed by atoms with Crippen LogP contribution in [0.25, 0.3) is 0 Å². The van der Waals surface area contributed by atoms with Crippen molar-refractivity contribution in [3.05, 3.63) is 29.8 Å². The summed E-state index contributed by atoms with van der Waals surface area (Å²) in [6.07, 6.45) is 2.55. The van der Waals surface area contributed by atoms with Gasteiger partial charge in [0.25, 0.3) is 0 Å². The van der Waals surface area contributed by atoms with E-state index in [9.17, 15) is 4.79 Å². The van der Waals surface area contributed by atoms with Crippen LogP contribution in [-0.4, -0.2) is 68.6 Å². The second-order valence-electron chi connectivity index (χ2n) is 6.32. The predicted octanol–water partition coefficient (Wildman–Crippen LogP) is 1.77. The molecule has 0 radical (unpaired) electrons. The molecule has 1 aromatic carbocycles. The second-order valence-corrected chi connectivity index (χ2v) is 6.32. The molecule has 1 aliphatic heterocycles. The summed E-state index contributed by atoms with van der Waals surface area (Å²) in [4.78, 5) is 17.1. The molecule has 0 unspecified atom stereocenters. The number of unbranched alkanes of at least 4 members (excludes halogenated alkanes) is 1. The predicted molar refractivity (Wildman–Crippen MR) is 97.5 cm³/mol. The lowest BCUT2D eigenvalue weighted by atomic mass is 10.1. The molecule has 2 rings (SSSR count). The molecular weight excluding hydrogens is 302 g/mol. The molecule has 1 aliphatic rings. The largest absolute Gasteiger partial charge is 0.496 e. The van der Waals surface area contributed by atoms with Crippen LogP contribution in [0.15, 0.2) is 24.3 Å². The van der Waals surface area contributed by atoms with E-state index in [0.29, 0.717) is 6.42 Å². The summed E-state index contributed by atoms with van der Waals surface area (Å²) in [6.45, 7) is 10.00. The first-order valence-electron chi connectivity index (χ1n) is 9.06. The highest BCUT2D eigenvalue weighted by molar-refractivity contribution is 5.79. The van der Waals surface area contributed by atoms with E-state index in [2.05, 4.69) is 22.0 Å². The van der Waals surface area contributed by atoms with E-state index in [0.717, 1.165) is 43.8 Å². The zero-order chi connectivity index (χ0) is 17.2. The zero-order valence-corrected chi connectivity index (χ0v) is 15.1. The van der Waals surface area contributed by atoms with Gasteiger partial charge in [-0.2, -0.15) is 0 Å². The summed E-state index contributed by atoms with van der Waals surface area (Å²) in [5.41, 5.74) is 0.936. The minimum atomic E-state index is 0.0658. The first kappa shape index (κ1) is 18.7. The van der Waals surface area contributed by atoms with Gasteiger partial charge in [-0.25, -0.2) is 0 Å². The Bertz CT molecular complexity index is 499. The topological polar surface area (TPSA) is 44.8 Å². The average molecular weight is 333 g/mol. The molecule has 1 aromatic rings. The van der Waals surface area contributed by atoms with E-state index in [1.807, 2.05) is 24.3 Å². The first-order chi connectivity index (χ1) is 11.7. The fourth-order valence-electron chi connectivity index (χ4n) is 3.10. The summed E-state index contributed by atoms with van der Waals surface area (Å²) in [5.74, 6) is 0.843. The molecule has 0 bridgehead atoms. The van der Waals surface area contributed by atoms with Crippen molar-refractivity contribution in [3.8, 4) is 5.75 Å². The molecular formula is C19H31N3O2. The molecule has 0 spiro atoms. The molecule has 0 atom stereocenters. The van der Waals surface area contributed by atoms with Crippen molar-refractivity contribution in [2.24, 2.45) is 0 Å². The van der Waals surface area contributed by atoms with Crippen molar-refractivity contribution in [1.82, 2.24) is 15.1 Å². The Balaban J connectivity index is 1.56. The lowest BCUT2D eigenvalue weighted by molar-refractivity contribution is -0.120. The van der Waals surface area contributed by atoms with Crippen molar-refractivity contribution in [2.75, 3.05) is 52.9 Å². The van der Waals surface area contributed by atoms with E-state index < -0.39 is 0 Å². The summed E-state index contributed by atoms with van der Waals surface area (Å²) in [6, 6.07) is 7.68. The van der Waals surface area contributed by atoms with Gasteiger partial charge in [0.1, 0.15) is 5.75 Å². The number of benzene rings is 1. The molecule has 1 amide bonds. The van der Waals surface area contributed by atoms with Gasteiger partial charge in [-0.1, -0.05) is 25.1 Å². The van der Waals surface area contributed by atoms with E-state index in [1.54, 1.807) is 7.11 Å². The molecule has 24 heavy (non-hydrogen) atoms. The minimum absolute atomic E-state index is 0.0658. The summed E-state index contributed by atoms with van der Waals surface area (Å²) in [7, 11) is 1.64. The summed E-state index contributed by atoms with van der Waals surface area (Å²) >= 11 is 0. The van der Waals surface area contributed by atoms with Gasteiger partial charge in [0.05, 0.1) is 13.5 Å². The molecule has 1 heterocycles. The van der Waals surface area contributed by atoms with Gasteiger partial charge in [-0.3, -0.25) is 4.79 Å². The molecule has 5 heteroatoms. The minimum Gasteiger partial charge on any atom is -0.496 e. The number of carbonyl (C=O) groups is 1. The Kier molecular flexibility index (Phi) is 8.05. The molecule has 1 fully saturated rings. The number of nitrogens with one attached hydrogen (secondary N) is 1. The third-order valence-electron chi connectivity index (χ3n) is 4.68. The molecule has 0 aromatic heterocycles.